The minimum absolute atomic E-state index is 0.0558. The molecule has 1 atom stereocenters. The highest BCUT2D eigenvalue weighted by Crippen LogP contribution is 2.18. The van der Waals surface area contributed by atoms with Gasteiger partial charge in [0.25, 0.3) is 6.43 Å². The van der Waals surface area contributed by atoms with Crippen LogP contribution >= 0.6 is 0 Å². The van der Waals surface area contributed by atoms with E-state index in [-0.39, 0.29) is 25.1 Å². The number of urea groups is 1. The van der Waals surface area contributed by atoms with Crippen molar-refractivity contribution < 1.29 is 18.7 Å². The zero-order valence-electron chi connectivity index (χ0n) is 13.7. The van der Waals surface area contributed by atoms with E-state index >= 15 is 0 Å². The van der Waals surface area contributed by atoms with Crippen molar-refractivity contribution in [1.29, 1.82) is 0 Å². The molecule has 0 radical (unpaired) electrons. The smallest absolute Gasteiger partial charge is 0.317 e. The molecule has 1 aliphatic rings. The number of rotatable bonds is 7. The Morgan fingerprint density at radius 2 is 1.83 bits per heavy atom. The summed E-state index contributed by atoms with van der Waals surface area (Å²) in [7, 11) is 0. The maximum Gasteiger partial charge on any atom is 0.317 e. The number of nitrogens with zero attached hydrogens (tertiary/aromatic N) is 2. The minimum Gasteiger partial charge on any atom is -0.396 e. The third kappa shape index (κ3) is 5.72. The second-order valence-electron chi connectivity index (χ2n) is 5.98. The molecule has 7 heteroatoms. The van der Waals surface area contributed by atoms with E-state index in [1.54, 1.807) is 9.80 Å². The van der Waals surface area contributed by atoms with Gasteiger partial charge in [0.2, 0.25) is 0 Å². The number of piperazine rings is 1. The van der Waals surface area contributed by atoms with E-state index in [9.17, 15) is 18.7 Å². The number of benzene rings is 1. The van der Waals surface area contributed by atoms with E-state index in [1.807, 2.05) is 30.3 Å². The third-order valence-electron chi connectivity index (χ3n) is 4.30. The fourth-order valence-electron chi connectivity index (χ4n) is 2.92. The summed E-state index contributed by atoms with van der Waals surface area (Å²) in [5, 5.41) is 12.1. The molecule has 0 aliphatic carbocycles. The molecule has 0 spiro atoms. The van der Waals surface area contributed by atoms with Crippen molar-refractivity contribution in [2.75, 3.05) is 45.9 Å². The van der Waals surface area contributed by atoms with E-state index in [0.717, 1.165) is 5.56 Å². The van der Waals surface area contributed by atoms with Gasteiger partial charge in [0.1, 0.15) is 0 Å². The van der Waals surface area contributed by atoms with Crippen LogP contribution in [0.15, 0.2) is 30.3 Å². The van der Waals surface area contributed by atoms with Crippen LogP contribution in [0.5, 0.6) is 0 Å². The summed E-state index contributed by atoms with van der Waals surface area (Å²) in [6.07, 6.45) is -1.76. The summed E-state index contributed by atoms with van der Waals surface area (Å²) < 4.78 is 24.7. The lowest BCUT2D eigenvalue weighted by Crippen LogP contribution is -2.52. The first-order valence-corrected chi connectivity index (χ1v) is 8.29. The first-order valence-electron chi connectivity index (χ1n) is 8.29. The maximum atomic E-state index is 12.4. The molecule has 1 aliphatic heterocycles. The molecule has 1 heterocycles. The molecule has 1 unspecified atom stereocenters. The molecule has 2 rings (SSSR count). The van der Waals surface area contributed by atoms with Crippen LogP contribution in [0.4, 0.5) is 13.6 Å². The molecule has 1 aromatic carbocycles. The molecular formula is C17H25F2N3O2. The molecule has 2 N–H and O–H groups in total. The molecule has 0 aromatic heterocycles. The van der Waals surface area contributed by atoms with Crippen molar-refractivity contribution in [2.45, 2.75) is 18.8 Å². The fraction of sp³-hybridized carbons (Fsp3) is 0.588. The maximum absolute atomic E-state index is 12.4. The first-order chi connectivity index (χ1) is 11.6. The van der Waals surface area contributed by atoms with E-state index in [0.29, 0.717) is 39.1 Å². The Morgan fingerprint density at radius 3 is 2.42 bits per heavy atom. The number of aliphatic hydroxyl groups excluding tert-OH is 1. The molecule has 0 bridgehead atoms. The van der Waals surface area contributed by atoms with Gasteiger partial charge in [-0.25, -0.2) is 13.6 Å². The fourth-order valence-corrected chi connectivity index (χ4v) is 2.92. The highest BCUT2D eigenvalue weighted by atomic mass is 19.3. The van der Waals surface area contributed by atoms with E-state index in [4.69, 9.17) is 0 Å². The Bertz CT molecular complexity index is 494. The Kier molecular flexibility index (Phi) is 7.39. The normalized spacial score (nSPS) is 17.1. The van der Waals surface area contributed by atoms with Gasteiger partial charge in [-0.2, -0.15) is 0 Å². The van der Waals surface area contributed by atoms with Gasteiger partial charge in [0.15, 0.2) is 0 Å². The number of amides is 2. The summed E-state index contributed by atoms with van der Waals surface area (Å²) >= 11 is 0. The van der Waals surface area contributed by atoms with Crippen LogP contribution < -0.4 is 5.32 Å². The standard InChI is InChI=1S/C17H25F2N3O2/c18-16(19)13-21-7-9-22(10-8-21)17(24)20-12-15(6-11-23)14-4-2-1-3-5-14/h1-5,15-16,23H,6-13H2,(H,20,24). The van der Waals surface area contributed by atoms with Gasteiger partial charge in [-0.05, 0) is 12.0 Å². The van der Waals surface area contributed by atoms with Gasteiger partial charge in [-0.3, -0.25) is 4.90 Å². The second-order valence-corrected chi connectivity index (χ2v) is 5.98. The Balaban J connectivity index is 1.79. The van der Waals surface area contributed by atoms with E-state index < -0.39 is 6.43 Å². The van der Waals surface area contributed by atoms with E-state index in [2.05, 4.69) is 5.32 Å². The molecular weight excluding hydrogens is 316 g/mol. The molecule has 5 nitrogen and oxygen atoms in total. The molecule has 1 fully saturated rings. The van der Waals surface area contributed by atoms with Gasteiger partial charge in [0.05, 0.1) is 6.54 Å². The summed E-state index contributed by atoms with van der Waals surface area (Å²) in [6, 6.07) is 9.58. The Labute approximate surface area is 141 Å². The minimum atomic E-state index is -2.34. The molecule has 1 saturated heterocycles. The molecule has 0 saturated carbocycles. The lowest BCUT2D eigenvalue weighted by atomic mass is 9.96. The van der Waals surface area contributed by atoms with Crippen molar-refractivity contribution in [3.8, 4) is 0 Å². The number of nitrogens with one attached hydrogen (secondary N) is 1. The highest BCUT2D eigenvalue weighted by molar-refractivity contribution is 5.74. The number of halogens is 2. The molecule has 24 heavy (non-hydrogen) atoms. The molecule has 1 aromatic rings. The van der Waals surface area contributed by atoms with Gasteiger partial charge in [0, 0.05) is 45.2 Å². The third-order valence-corrected chi connectivity index (χ3v) is 4.30. The highest BCUT2D eigenvalue weighted by Gasteiger charge is 2.23. The lowest BCUT2D eigenvalue weighted by Gasteiger charge is -2.34. The first kappa shape index (κ1) is 18.6. The molecule has 2 amide bonds. The zero-order chi connectivity index (χ0) is 17.4. The van der Waals surface area contributed by atoms with Gasteiger partial charge in [-0.1, -0.05) is 30.3 Å². The van der Waals surface area contributed by atoms with Crippen LogP contribution in [0.3, 0.4) is 0 Å². The summed E-state index contributed by atoms with van der Waals surface area (Å²) in [4.78, 5) is 15.6. The number of alkyl halides is 2. The monoisotopic (exact) mass is 341 g/mol. The van der Waals surface area contributed by atoms with Crippen LogP contribution in [-0.2, 0) is 0 Å². The van der Waals surface area contributed by atoms with Crippen molar-refractivity contribution in [3.05, 3.63) is 35.9 Å². The van der Waals surface area contributed by atoms with Crippen LogP contribution in [-0.4, -0.2) is 73.2 Å². The predicted molar refractivity (Wildman–Crippen MR) is 88.3 cm³/mol. The summed E-state index contributed by atoms with van der Waals surface area (Å²) in [5.74, 6) is 0.0558. The van der Waals surface area contributed by atoms with Crippen molar-refractivity contribution >= 4 is 6.03 Å². The number of hydrogen-bond acceptors (Lipinski definition) is 3. The van der Waals surface area contributed by atoms with Crippen molar-refractivity contribution in [1.82, 2.24) is 15.1 Å². The zero-order valence-corrected chi connectivity index (χ0v) is 13.7. The average molecular weight is 341 g/mol. The van der Waals surface area contributed by atoms with E-state index in [1.165, 1.54) is 0 Å². The van der Waals surface area contributed by atoms with Crippen LogP contribution in [0.2, 0.25) is 0 Å². The molecule has 134 valence electrons. The Morgan fingerprint density at radius 1 is 1.17 bits per heavy atom. The SMILES string of the molecule is O=C(NCC(CCO)c1ccccc1)N1CCN(CC(F)F)CC1. The van der Waals surface area contributed by atoms with Crippen molar-refractivity contribution in [2.24, 2.45) is 0 Å². The largest absolute Gasteiger partial charge is 0.396 e. The summed E-state index contributed by atoms with van der Waals surface area (Å²) in [6.45, 7) is 2.11. The van der Waals surface area contributed by atoms with Crippen molar-refractivity contribution in [3.63, 3.8) is 0 Å². The lowest BCUT2D eigenvalue weighted by molar-refractivity contribution is 0.0636. The average Bonchev–Trinajstić information content (AvgIpc) is 2.59. The number of aliphatic hydroxyl groups is 1. The van der Waals surface area contributed by atoms with Crippen LogP contribution in [0, 0.1) is 0 Å². The van der Waals surface area contributed by atoms with Gasteiger partial charge >= 0.3 is 6.03 Å². The quantitative estimate of drug-likeness (QED) is 0.794. The number of carbonyl (C=O) groups excluding carboxylic acids is 1. The predicted octanol–water partition coefficient (Wildman–Crippen LogP) is 1.74. The van der Waals surface area contributed by atoms with Gasteiger partial charge < -0.3 is 15.3 Å². The summed E-state index contributed by atoms with van der Waals surface area (Å²) in [5.41, 5.74) is 1.08. The second kappa shape index (κ2) is 9.54. The Hall–Kier alpha value is -1.73. The number of hydrogen-bond donors (Lipinski definition) is 2. The van der Waals surface area contributed by atoms with Gasteiger partial charge in [-0.15, -0.1) is 0 Å². The van der Waals surface area contributed by atoms with Crippen LogP contribution in [0.1, 0.15) is 17.9 Å². The van der Waals surface area contributed by atoms with Crippen LogP contribution in [0.25, 0.3) is 0 Å². The topological polar surface area (TPSA) is 55.8 Å². The number of carbonyl (C=O) groups is 1.